The number of rotatable bonds is 3. The van der Waals surface area contributed by atoms with Gasteiger partial charge in [-0.2, -0.15) is 13.2 Å². The van der Waals surface area contributed by atoms with E-state index in [1.165, 1.54) is 6.42 Å². The van der Waals surface area contributed by atoms with E-state index in [0.29, 0.717) is 0 Å². The minimum atomic E-state index is -4.23. The van der Waals surface area contributed by atoms with E-state index in [2.05, 4.69) is 4.99 Å². The Balaban J connectivity index is 2.57. The Kier molecular flexibility index (Phi) is 5.08. The van der Waals surface area contributed by atoms with Crippen LogP contribution in [0.5, 0.6) is 0 Å². The fourth-order valence-electron chi connectivity index (χ4n) is 2.05. The topological polar surface area (TPSA) is 41.6 Å². The van der Waals surface area contributed by atoms with Gasteiger partial charge in [-0.1, -0.05) is 19.3 Å². The molecule has 6 heteroatoms. The van der Waals surface area contributed by atoms with Crippen LogP contribution in [0, 0.1) is 0 Å². The lowest BCUT2D eigenvalue weighted by Crippen LogP contribution is -2.43. The van der Waals surface area contributed by atoms with E-state index in [0.717, 1.165) is 30.6 Å². The van der Waals surface area contributed by atoms with Crippen LogP contribution in [0.15, 0.2) is 4.99 Å². The summed E-state index contributed by atoms with van der Waals surface area (Å²) in [5, 5.41) is 0. The van der Waals surface area contributed by atoms with E-state index >= 15 is 0 Å². The summed E-state index contributed by atoms with van der Waals surface area (Å²) < 4.78 is 36.8. The second-order valence-corrected chi connectivity index (χ2v) is 4.41. The van der Waals surface area contributed by atoms with Crippen molar-refractivity contribution in [1.82, 2.24) is 4.90 Å². The van der Waals surface area contributed by atoms with Crippen LogP contribution in [0.25, 0.3) is 0 Å². The molecule has 0 aromatic heterocycles. The Morgan fingerprint density at radius 3 is 2.35 bits per heavy atom. The lowest BCUT2D eigenvalue weighted by molar-refractivity contribution is -0.137. The van der Waals surface area contributed by atoms with Gasteiger partial charge in [-0.15, -0.1) is 0 Å². The van der Waals surface area contributed by atoms with Gasteiger partial charge < -0.3 is 10.6 Å². The van der Waals surface area contributed by atoms with Crippen molar-refractivity contribution < 1.29 is 13.2 Å². The van der Waals surface area contributed by atoms with E-state index in [4.69, 9.17) is 5.73 Å². The molecular formula is C11H20F3N3. The second kappa shape index (κ2) is 6.12. The van der Waals surface area contributed by atoms with E-state index in [1.54, 1.807) is 6.92 Å². The summed E-state index contributed by atoms with van der Waals surface area (Å²) in [7, 11) is 0. The normalized spacial score (nSPS) is 19.4. The first-order valence-electron chi connectivity index (χ1n) is 6.07. The van der Waals surface area contributed by atoms with Crippen molar-refractivity contribution in [2.45, 2.75) is 51.2 Å². The van der Waals surface area contributed by atoms with Crippen LogP contribution in [-0.4, -0.2) is 36.2 Å². The number of aliphatic imine (C=N–C) groups is 1. The Morgan fingerprint density at radius 1 is 1.29 bits per heavy atom. The van der Waals surface area contributed by atoms with Gasteiger partial charge in [0.1, 0.15) is 6.54 Å². The molecule has 0 unspecified atom stereocenters. The van der Waals surface area contributed by atoms with E-state index in [-0.39, 0.29) is 18.5 Å². The first kappa shape index (κ1) is 14.1. The molecule has 1 saturated carbocycles. The first-order chi connectivity index (χ1) is 7.92. The summed E-state index contributed by atoms with van der Waals surface area (Å²) in [6.45, 7) is 0.849. The molecule has 0 saturated heterocycles. The molecule has 1 fully saturated rings. The molecule has 0 aliphatic heterocycles. The van der Waals surface area contributed by atoms with Crippen LogP contribution in [0.4, 0.5) is 13.2 Å². The van der Waals surface area contributed by atoms with Gasteiger partial charge in [-0.05, 0) is 19.8 Å². The zero-order valence-corrected chi connectivity index (χ0v) is 10.1. The molecule has 0 heterocycles. The first-order valence-corrected chi connectivity index (χ1v) is 6.07. The summed E-state index contributed by atoms with van der Waals surface area (Å²) in [6.07, 6.45) is 1.00. The second-order valence-electron chi connectivity index (χ2n) is 4.41. The quantitative estimate of drug-likeness (QED) is 0.618. The highest BCUT2D eigenvalue weighted by Gasteiger charge is 2.31. The van der Waals surface area contributed by atoms with Crippen molar-refractivity contribution in [2.75, 3.05) is 13.1 Å². The molecule has 0 radical (unpaired) electrons. The molecule has 3 nitrogen and oxygen atoms in total. The maximum absolute atomic E-state index is 12.3. The third kappa shape index (κ3) is 5.28. The molecule has 0 aromatic rings. The highest BCUT2D eigenvalue weighted by molar-refractivity contribution is 5.78. The minimum absolute atomic E-state index is 0.0247. The maximum Gasteiger partial charge on any atom is 0.406 e. The number of guanidine groups is 1. The predicted molar refractivity (Wildman–Crippen MR) is 61.8 cm³/mol. The van der Waals surface area contributed by atoms with Crippen molar-refractivity contribution in [3.05, 3.63) is 0 Å². The molecule has 0 atom stereocenters. The Morgan fingerprint density at radius 2 is 1.88 bits per heavy atom. The Labute approximate surface area is 99.9 Å². The predicted octanol–water partition coefficient (Wildman–Crippen LogP) is 2.52. The maximum atomic E-state index is 12.3. The molecular weight excluding hydrogens is 231 g/mol. The molecule has 1 rings (SSSR count). The largest absolute Gasteiger partial charge is 0.406 e. The van der Waals surface area contributed by atoms with Gasteiger partial charge in [0.25, 0.3) is 0 Å². The van der Waals surface area contributed by atoms with Crippen LogP contribution >= 0.6 is 0 Å². The van der Waals surface area contributed by atoms with E-state index in [9.17, 15) is 13.2 Å². The van der Waals surface area contributed by atoms with Gasteiger partial charge in [0.05, 0.1) is 6.04 Å². The average molecular weight is 251 g/mol. The number of halogens is 3. The smallest absolute Gasteiger partial charge is 0.370 e. The number of nitrogens with two attached hydrogens (primary N) is 1. The van der Waals surface area contributed by atoms with Crippen LogP contribution in [0.1, 0.15) is 39.0 Å². The molecule has 100 valence electrons. The van der Waals surface area contributed by atoms with E-state index in [1.807, 2.05) is 0 Å². The molecule has 0 aromatic carbocycles. The van der Waals surface area contributed by atoms with E-state index < -0.39 is 12.7 Å². The molecule has 0 amide bonds. The van der Waals surface area contributed by atoms with Crippen LogP contribution in [-0.2, 0) is 0 Å². The number of hydrogen-bond acceptors (Lipinski definition) is 1. The van der Waals surface area contributed by atoms with Crippen LogP contribution < -0.4 is 5.73 Å². The lowest BCUT2D eigenvalue weighted by Gasteiger charge is -2.25. The van der Waals surface area contributed by atoms with Crippen molar-refractivity contribution in [3.63, 3.8) is 0 Å². The SMILES string of the molecule is CCN(CC(F)(F)F)C(N)=NC1CCCCC1. The Hall–Kier alpha value is -0.940. The summed E-state index contributed by atoms with van der Waals surface area (Å²) >= 11 is 0. The van der Waals surface area contributed by atoms with Crippen molar-refractivity contribution in [2.24, 2.45) is 10.7 Å². The molecule has 1 aliphatic carbocycles. The third-order valence-electron chi connectivity index (χ3n) is 2.97. The highest BCUT2D eigenvalue weighted by Crippen LogP contribution is 2.21. The fraction of sp³-hybridized carbons (Fsp3) is 0.909. The van der Waals surface area contributed by atoms with Gasteiger partial charge in [0.2, 0.25) is 0 Å². The number of hydrogen-bond donors (Lipinski definition) is 1. The molecule has 2 N–H and O–H groups in total. The molecule has 1 aliphatic rings. The summed E-state index contributed by atoms with van der Waals surface area (Å²) in [5.41, 5.74) is 5.64. The lowest BCUT2D eigenvalue weighted by atomic mass is 9.96. The summed E-state index contributed by atoms with van der Waals surface area (Å²) in [4.78, 5) is 5.29. The van der Waals surface area contributed by atoms with Gasteiger partial charge in [0.15, 0.2) is 5.96 Å². The van der Waals surface area contributed by atoms with Gasteiger partial charge >= 0.3 is 6.18 Å². The standard InChI is InChI=1S/C11H20F3N3/c1-2-17(8-11(12,13)14)10(15)16-9-6-4-3-5-7-9/h9H,2-8H2,1H3,(H2,15,16). The molecule has 0 spiro atoms. The zero-order chi connectivity index (χ0) is 12.9. The van der Waals surface area contributed by atoms with Gasteiger partial charge in [-0.25, -0.2) is 4.99 Å². The van der Waals surface area contributed by atoms with Crippen LogP contribution in [0.2, 0.25) is 0 Å². The van der Waals surface area contributed by atoms with Crippen molar-refractivity contribution in [3.8, 4) is 0 Å². The van der Waals surface area contributed by atoms with Gasteiger partial charge in [-0.3, -0.25) is 0 Å². The minimum Gasteiger partial charge on any atom is -0.370 e. The van der Waals surface area contributed by atoms with Crippen LogP contribution in [0.3, 0.4) is 0 Å². The van der Waals surface area contributed by atoms with Gasteiger partial charge in [0, 0.05) is 6.54 Å². The monoisotopic (exact) mass is 251 g/mol. The zero-order valence-electron chi connectivity index (χ0n) is 10.1. The number of nitrogens with zero attached hydrogens (tertiary/aromatic N) is 2. The summed E-state index contributed by atoms with van der Waals surface area (Å²) in [5.74, 6) is 0.0247. The Bertz CT molecular complexity index is 257. The molecule has 17 heavy (non-hydrogen) atoms. The van der Waals surface area contributed by atoms with Crippen molar-refractivity contribution >= 4 is 5.96 Å². The highest BCUT2D eigenvalue weighted by atomic mass is 19.4. The number of alkyl halides is 3. The molecule has 0 bridgehead atoms. The summed E-state index contributed by atoms with van der Waals surface area (Å²) in [6, 6.07) is 0.103. The average Bonchev–Trinajstić information content (AvgIpc) is 2.26. The third-order valence-corrected chi connectivity index (χ3v) is 2.97. The van der Waals surface area contributed by atoms with Crippen molar-refractivity contribution in [1.29, 1.82) is 0 Å². The fourth-order valence-corrected chi connectivity index (χ4v) is 2.05.